The summed E-state index contributed by atoms with van der Waals surface area (Å²) in [6, 6.07) is 10.3. The summed E-state index contributed by atoms with van der Waals surface area (Å²) in [6.07, 6.45) is -0.441. The molecule has 2 atom stereocenters. The van der Waals surface area contributed by atoms with Crippen LogP contribution in [0.2, 0.25) is 0 Å². The van der Waals surface area contributed by atoms with E-state index in [1.54, 1.807) is 18.2 Å². The standard InChI is InChI=1S/C31H35FN4O8S/c1-17(2)45(41,42)27-12-9-20(34-31(39)40)16-21(27)24-6-5-13-36(24)30(38)28(18-8-11-25(43-3)26(15-18)44-4)35-23-14-19(29(33)37)7-10-22(23)32/h7-12,14-17,24,28,34-35H,5-6,13H2,1-4H3,(H2,33,37)(H,39,40). The van der Waals surface area contributed by atoms with Crippen molar-refractivity contribution in [3.63, 3.8) is 0 Å². The second kappa shape index (κ2) is 13.4. The highest BCUT2D eigenvalue weighted by molar-refractivity contribution is 7.92. The van der Waals surface area contributed by atoms with E-state index in [1.807, 2.05) is 0 Å². The third-order valence-corrected chi connectivity index (χ3v) is 9.85. The number of hydrogen-bond donors (Lipinski definition) is 4. The fourth-order valence-electron chi connectivity index (χ4n) is 5.31. The number of methoxy groups -OCH3 is 2. The monoisotopic (exact) mass is 642 g/mol. The van der Waals surface area contributed by atoms with Crippen molar-refractivity contribution in [2.24, 2.45) is 5.73 Å². The normalized spacial score (nSPS) is 15.4. The molecule has 3 amide bonds. The van der Waals surface area contributed by atoms with Crippen molar-refractivity contribution >= 4 is 39.1 Å². The summed E-state index contributed by atoms with van der Waals surface area (Å²) in [7, 11) is -0.972. The third-order valence-electron chi connectivity index (χ3n) is 7.62. The van der Waals surface area contributed by atoms with E-state index in [9.17, 15) is 27.9 Å². The molecule has 14 heteroatoms. The molecule has 1 fully saturated rings. The van der Waals surface area contributed by atoms with Gasteiger partial charge >= 0.3 is 6.09 Å². The van der Waals surface area contributed by atoms with Gasteiger partial charge in [-0.15, -0.1) is 0 Å². The number of ether oxygens (including phenoxy) is 2. The molecule has 0 aliphatic carbocycles. The Morgan fingerprint density at radius 2 is 1.73 bits per heavy atom. The summed E-state index contributed by atoms with van der Waals surface area (Å²) in [5.41, 5.74) is 6.03. The van der Waals surface area contributed by atoms with Crippen molar-refractivity contribution in [2.45, 2.75) is 48.9 Å². The van der Waals surface area contributed by atoms with Gasteiger partial charge in [0.1, 0.15) is 11.9 Å². The molecule has 45 heavy (non-hydrogen) atoms. The van der Waals surface area contributed by atoms with E-state index in [0.717, 1.165) is 6.07 Å². The number of carbonyl (C=O) groups excluding carboxylic acids is 2. The summed E-state index contributed by atoms with van der Waals surface area (Å²) in [5, 5.41) is 13.7. The van der Waals surface area contributed by atoms with Crippen molar-refractivity contribution in [1.82, 2.24) is 4.90 Å². The number of likely N-dealkylation sites (tertiary alicyclic amines) is 1. The Hall–Kier alpha value is -4.85. The lowest BCUT2D eigenvalue weighted by molar-refractivity contribution is -0.133. The highest BCUT2D eigenvalue weighted by Gasteiger charge is 2.38. The minimum atomic E-state index is -3.85. The fraction of sp³-hybridized carbons (Fsp3) is 0.323. The quantitative estimate of drug-likeness (QED) is 0.230. The summed E-state index contributed by atoms with van der Waals surface area (Å²) >= 11 is 0. The van der Waals surface area contributed by atoms with Gasteiger partial charge in [-0.2, -0.15) is 0 Å². The number of halogens is 1. The van der Waals surface area contributed by atoms with Crippen LogP contribution in [0, 0.1) is 5.82 Å². The maximum absolute atomic E-state index is 15.1. The Labute approximate surface area is 260 Å². The van der Waals surface area contributed by atoms with Crippen molar-refractivity contribution in [2.75, 3.05) is 31.4 Å². The summed E-state index contributed by atoms with van der Waals surface area (Å²) < 4.78 is 52.7. The summed E-state index contributed by atoms with van der Waals surface area (Å²) in [5.74, 6) is -1.37. The molecule has 0 radical (unpaired) electrons. The third kappa shape index (κ3) is 6.95. The van der Waals surface area contributed by atoms with E-state index in [1.165, 1.54) is 63.3 Å². The van der Waals surface area contributed by atoms with Crippen LogP contribution >= 0.6 is 0 Å². The number of anilines is 2. The number of amides is 3. The molecule has 5 N–H and O–H groups in total. The van der Waals surface area contributed by atoms with Crippen LogP contribution in [0.4, 0.5) is 20.6 Å². The van der Waals surface area contributed by atoms with E-state index in [0.29, 0.717) is 29.9 Å². The molecule has 0 spiro atoms. The van der Waals surface area contributed by atoms with Crippen molar-refractivity contribution in [1.29, 1.82) is 0 Å². The van der Waals surface area contributed by atoms with Crippen molar-refractivity contribution in [3.05, 3.63) is 77.1 Å². The van der Waals surface area contributed by atoms with Crippen LogP contribution in [-0.4, -0.2) is 62.3 Å². The second-order valence-electron chi connectivity index (χ2n) is 10.7. The number of primary amides is 1. The van der Waals surface area contributed by atoms with Gasteiger partial charge in [0.15, 0.2) is 21.3 Å². The smallest absolute Gasteiger partial charge is 0.409 e. The Morgan fingerprint density at radius 3 is 2.36 bits per heavy atom. The van der Waals surface area contributed by atoms with Gasteiger partial charge in [0.2, 0.25) is 11.8 Å². The largest absolute Gasteiger partial charge is 0.493 e. The van der Waals surface area contributed by atoms with Crippen LogP contribution < -0.4 is 25.8 Å². The van der Waals surface area contributed by atoms with E-state index in [4.69, 9.17) is 15.2 Å². The van der Waals surface area contributed by atoms with Crippen LogP contribution in [0.5, 0.6) is 11.5 Å². The van der Waals surface area contributed by atoms with Crippen LogP contribution in [0.1, 0.15) is 60.3 Å². The van der Waals surface area contributed by atoms with E-state index in [-0.39, 0.29) is 33.9 Å². The van der Waals surface area contributed by atoms with E-state index >= 15 is 4.39 Å². The van der Waals surface area contributed by atoms with Crippen molar-refractivity contribution < 1.29 is 41.8 Å². The molecule has 1 heterocycles. The molecule has 0 bridgehead atoms. The molecule has 0 saturated carbocycles. The average Bonchev–Trinajstić information content (AvgIpc) is 3.49. The number of rotatable bonds is 11. The van der Waals surface area contributed by atoms with Gasteiger partial charge in [-0.25, -0.2) is 17.6 Å². The van der Waals surface area contributed by atoms with Crippen LogP contribution in [0.15, 0.2) is 59.5 Å². The van der Waals surface area contributed by atoms with Crippen LogP contribution in [0.3, 0.4) is 0 Å². The molecule has 12 nitrogen and oxygen atoms in total. The van der Waals surface area contributed by atoms with Gasteiger partial charge in [-0.3, -0.25) is 14.9 Å². The molecule has 1 aliphatic heterocycles. The zero-order valence-corrected chi connectivity index (χ0v) is 26.0. The number of carbonyl (C=O) groups is 3. The van der Waals surface area contributed by atoms with Gasteiger partial charge in [0, 0.05) is 17.8 Å². The second-order valence-corrected chi connectivity index (χ2v) is 13.2. The summed E-state index contributed by atoms with van der Waals surface area (Å²) in [4.78, 5) is 39.2. The van der Waals surface area contributed by atoms with Crippen molar-refractivity contribution in [3.8, 4) is 11.5 Å². The molecule has 1 saturated heterocycles. The minimum Gasteiger partial charge on any atom is -0.493 e. The number of nitrogens with zero attached hydrogens (tertiary/aromatic N) is 1. The highest BCUT2D eigenvalue weighted by Crippen LogP contribution is 2.41. The lowest BCUT2D eigenvalue weighted by atomic mass is 10.00. The van der Waals surface area contributed by atoms with Gasteiger partial charge in [0.05, 0.1) is 36.1 Å². The first kappa shape index (κ1) is 33.1. The molecule has 4 rings (SSSR count). The predicted molar refractivity (Wildman–Crippen MR) is 165 cm³/mol. The van der Waals surface area contributed by atoms with Gasteiger partial charge in [-0.1, -0.05) is 6.07 Å². The van der Waals surface area contributed by atoms with E-state index in [2.05, 4.69) is 10.6 Å². The number of sulfone groups is 1. The Balaban J connectivity index is 1.85. The zero-order chi connectivity index (χ0) is 33.1. The molecule has 240 valence electrons. The van der Waals surface area contributed by atoms with Crippen LogP contribution in [-0.2, 0) is 14.6 Å². The first-order valence-corrected chi connectivity index (χ1v) is 15.6. The Kier molecular flexibility index (Phi) is 9.86. The molecule has 1 aliphatic rings. The fourth-order valence-corrected chi connectivity index (χ4v) is 6.60. The molecule has 3 aromatic rings. The lowest BCUT2D eigenvalue weighted by Gasteiger charge is -2.32. The van der Waals surface area contributed by atoms with Gasteiger partial charge in [-0.05, 0) is 86.3 Å². The number of nitrogens with two attached hydrogens (primary N) is 1. The first-order valence-electron chi connectivity index (χ1n) is 14.0. The van der Waals surface area contributed by atoms with E-state index < -0.39 is 50.9 Å². The van der Waals surface area contributed by atoms with Gasteiger partial charge in [0.25, 0.3) is 0 Å². The highest BCUT2D eigenvalue weighted by atomic mass is 32.2. The molecular formula is C31H35FN4O8S. The number of carboxylic acid groups (broad SMARTS) is 1. The molecule has 2 unspecified atom stereocenters. The maximum atomic E-state index is 15.1. The average molecular weight is 643 g/mol. The number of benzene rings is 3. The molecular weight excluding hydrogens is 607 g/mol. The predicted octanol–water partition coefficient (Wildman–Crippen LogP) is 4.73. The minimum absolute atomic E-state index is 0.0164. The van der Waals surface area contributed by atoms with Gasteiger partial charge < -0.3 is 30.5 Å². The lowest BCUT2D eigenvalue weighted by Crippen LogP contribution is -2.38. The molecule has 3 aromatic carbocycles. The number of hydrogen-bond acceptors (Lipinski definition) is 8. The zero-order valence-electron chi connectivity index (χ0n) is 25.2. The maximum Gasteiger partial charge on any atom is 0.409 e. The topological polar surface area (TPSA) is 177 Å². The van der Waals surface area contributed by atoms with Crippen LogP contribution in [0.25, 0.3) is 0 Å². The first-order chi connectivity index (χ1) is 21.3. The Morgan fingerprint density at radius 1 is 1.02 bits per heavy atom. The Bertz CT molecular complexity index is 1730. The molecule has 0 aromatic heterocycles. The summed E-state index contributed by atoms with van der Waals surface area (Å²) in [6.45, 7) is 3.30. The number of nitrogens with one attached hydrogen (secondary N) is 2. The SMILES string of the molecule is COc1ccc(C(Nc2cc(C(N)=O)ccc2F)C(=O)N2CCCC2c2cc(NC(=O)O)ccc2S(=O)(=O)C(C)C)cc1OC.